The summed E-state index contributed by atoms with van der Waals surface area (Å²) in [6, 6.07) is 0. The third kappa shape index (κ3) is 5.10. The van der Waals surface area contributed by atoms with E-state index in [4.69, 9.17) is 10.2 Å². The molecule has 0 aliphatic heterocycles. The SMILES string of the molecule is CC(O)OS(=O)(=O)C(C)O.N. The molecule has 5 N–H and O–H groups in total. The molecular weight excluding hydrogens is 174 g/mol. The van der Waals surface area contributed by atoms with E-state index in [-0.39, 0.29) is 6.15 Å². The number of aliphatic hydroxyl groups is 2. The van der Waals surface area contributed by atoms with Crippen molar-refractivity contribution in [1.29, 1.82) is 0 Å². The van der Waals surface area contributed by atoms with Crippen LogP contribution < -0.4 is 6.15 Å². The van der Waals surface area contributed by atoms with Gasteiger partial charge in [0.1, 0.15) is 0 Å². The van der Waals surface area contributed by atoms with Gasteiger partial charge in [-0.25, -0.2) is 4.18 Å². The van der Waals surface area contributed by atoms with E-state index in [1.54, 1.807) is 0 Å². The summed E-state index contributed by atoms with van der Waals surface area (Å²) in [7, 11) is -3.99. The minimum Gasteiger partial charge on any atom is -0.375 e. The molecule has 2 atom stereocenters. The zero-order valence-electron chi connectivity index (χ0n) is 6.39. The van der Waals surface area contributed by atoms with Gasteiger partial charge < -0.3 is 16.4 Å². The third-order valence-electron chi connectivity index (χ3n) is 0.691. The Labute approximate surface area is 65.5 Å². The van der Waals surface area contributed by atoms with E-state index in [1.807, 2.05) is 0 Å². The van der Waals surface area contributed by atoms with Crippen LogP contribution in [0.5, 0.6) is 0 Å². The Balaban J connectivity index is 0. The van der Waals surface area contributed by atoms with Crippen molar-refractivity contribution in [2.24, 2.45) is 0 Å². The molecule has 0 bridgehead atoms. The molecule has 0 aromatic rings. The van der Waals surface area contributed by atoms with Gasteiger partial charge in [-0.05, 0) is 13.8 Å². The molecule has 6 nitrogen and oxygen atoms in total. The summed E-state index contributed by atoms with van der Waals surface area (Å²) in [6.07, 6.45) is -1.42. The van der Waals surface area contributed by atoms with E-state index in [0.29, 0.717) is 0 Å². The number of rotatable bonds is 3. The first kappa shape index (κ1) is 13.4. The molecule has 0 spiro atoms. The Hall–Kier alpha value is -0.210. The van der Waals surface area contributed by atoms with Gasteiger partial charge in [0.05, 0.1) is 0 Å². The van der Waals surface area contributed by atoms with E-state index in [1.165, 1.54) is 0 Å². The molecule has 0 fully saturated rings. The molecule has 0 amide bonds. The van der Waals surface area contributed by atoms with E-state index in [2.05, 4.69) is 4.18 Å². The summed E-state index contributed by atoms with van der Waals surface area (Å²) in [4.78, 5) is 0. The maximum atomic E-state index is 10.5. The van der Waals surface area contributed by atoms with Crippen molar-refractivity contribution in [3.63, 3.8) is 0 Å². The first-order chi connectivity index (χ1) is 4.36. The Kier molecular flexibility index (Phi) is 5.63. The fourth-order valence-corrected chi connectivity index (χ4v) is 0.824. The summed E-state index contributed by atoms with van der Waals surface area (Å²) in [5.74, 6) is 0. The van der Waals surface area contributed by atoms with Crippen LogP contribution in [-0.4, -0.2) is 30.4 Å². The normalized spacial score (nSPS) is 16.7. The van der Waals surface area contributed by atoms with E-state index >= 15 is 0 Å². The molecule has 2 unspecified atom stereocenters. The Morgan fingerprint density at radius 2 is 1.64 bits per heavy atom. The Morgan fingerprint density at radius 3 is 1.73 bits per heavy atom. The average Bonchev–Trinajstić information content (AvgIpc) is 1.60. The van der Waals surface area contributed by atoms with Gasteiger partial charge in [0.2, 0.25) is 0 Å². The van der Waals surface area contributed by atoms with Crippen LogP contribution in [0.2, 0.25) is 0 Å². The van der Waals surface area contributed by atoms with Crippen LogP contribution in [0.3, 0.4) is 0 Å². The quantitative estimate of drug-likeness (QED) is 0.392. The van der Waals surface area contributed by atoms with Gasteiger partial charge in [-0.15, -0.1) is 0 Å². The average molecular weight is 187 g/mol. The molecule has 0 radical (unpaired) electrons. The highest BCUT2D eigenvalue weighted by atomic mass is 32.2. The molecule has 0 aliphatic rings. The Morgan fingerprint density at radius 1 is 1.27 bits per heavy atom. The van der Waals surface area contributed by atoms with Crippen molar-refractivity contribution < 1.29 is 22.8 Å². The molecule has 7 heteroatoms. The maximum Gasteiger partial charge on any atom is 0.296 e. The number of hydrogen-bond acceptors (Lipinski definition) is 6. The fourth-order valence-electron chi connectivity index (χ4n) is 0.275. The van der Waals surface area contributed by atoms with Crippen LogP contribution in [0, 0.1) is 0 Å². The molecule has 0 aromatic heterocycles. The highest BCUT2D eigenvalue weighted by molar-refractivity contribution is 7.87. The van der Waals surface area contributed by atoms with Crippen molar-refractivity contribution in [1.82, 2.24) is 6.15 Å². The predicted molar refractivity (Wildman–Crippen MR) is 38.4 cm³/mol. The number of aliphatic hydroxyl groups excluding tert-OH is 2. The van der Waals surface area contributed by atoms with Gasteiger partial charge >= 0.3 is 0 Å². The van der Waals surface area contributed by atoms with Crippen molar-refractivity contribution in [3.8, 4) is 0 Å². The lowest BCUT2D eigenvalue weighted by Gasteiger charge is -2.08. The highest BCUT2D eigenvalue weighted by Crippen LogP contribution is 2.02. The molecule has 0 saturated carbocycles. The van der Waals surface area contributed by atoms with Crippen LogP contribution in [0.4, 0.5) is 0 Å². The monoisotopic (exact) mass is 187 g/mol. The van der Waals surface area contributed by atoms with Crippen LogP contribution in [-0.2, 0) is 14.3 Å². The summed E-state index contributed by atoms with van der Waals surface area (Å²) in [6.45, 7) is 2.18. The predicted octanol–water partition coefficient (Wildman–Crippen LogP) is -0.829. The van der Waals surface area contributed by atoms with Crippen molar-refractivity contribution in [2.75, 3.05) is 0 Å². The first-order valence-electron chi connectivity index (χ1n) is 2.64. The van der Waals surface area contributed by atoms with Crippen molar-refractivity contribution in [3.05, 3.63) is 0 Å². The molecule has 70 valence electrons. The lowest BCUT2D eigenvalue weighted by Crippen LogP contribution is -2.23. The van der Waals surface area contributed by atoms with Crippen molar-refractivity contribution >= 4 is 10.1 Å². The number of hydrogen-bond donors (Lipinski definition) is 3. The van der Waals surface area contributed by atoms with Gasteiger partial charge in [-0.2, -0.15) is 8.42 Å². The first-order valence-corrected chi connectivity index (χ1v) is 4.11. The van der Waals surface area contributed by atoms with E-state index in [9.17, 15) is 8.42 Å². The molecule has 11 heavy (non-hydrogen) atoms. The second kappa shape index (κ2) is 4.62. The third-order valence-corrected chi connectivity index (χ3v) is 2.07. The molecule has 0 saturated heterocycles. The van der Waals surface area contributed by atoms with E-state index < -0.39 is 21.8 Å². The minimum absolute atomic E-state index is 0. The van der Waals surface area contributed by atoms with Crippen LogP contribution >= 0.6 is 0 Å². The lowest BCUT2D eigenvalue weighted by atomic mass is 10.8. The largest absolute Gasteiger partial charge is 0.375 e. The molecule has 0 rings (SSSR count). The summed E-state index contributed by atoms with van der Waals surface area (Å²) in [5, 5.41) is 16.9. The molecule has 0 aromatic carbocycles. The zero-order chi connectivity index (χ0) is 8.36. The van der Waals surface area contributed by atoms with E-state index in [0.717, 1.165) is 13.8 Å². The van der Waals surface area contributed by atoms with Gasteiger partial charge in [-0.1, -0.05) is 0 Å². The second-order valence-corrected chi connectivity index (χ2v) is 3.65. The van der Waals surface area contributed by atoms with Gasteiger partial charge in [-0.3, -0.25) is 0 Å². The van der Waals surface area contributed by atoms with Gasteiger partial charge in [0.25, 0.3) is 10.1 Å². The summed E-state index contributed by atoms with van der Waals surface area (Å²) in [5.41, 5.74) is -1.61. The molecule has 0 heterocycles. The van der Waals surface area contributed by atoms with Crippen molar-refractivity contribution in [2.45, 2.75) is 25.6 Å². The maximum absolute atomic E-state index is 10.5. The molecular formula is C4H13NO5S. The minimum atomic E-state index is -3.99. The Bertz CT molecular complexity index is 185. The summed E-state index contributed by atoms with van der Waals surface area (Å²) >= 11 is 0. The van der Waals surface area contributed by atoms with Gasteiger partial charge in [0.15, 0.2) is 11.7 Å². The topological polar surface area (TPSA) is 119 Å². The van der Waals surface area contributed by atoms with Gasteiger partial charge in [0, 0.05) is 0 Å². The second-order valence-electron chi connectivity index (χ2n) is 1.79. The highest BCUT2D eigenvalue weighted by Gasteiger charge is 2.20. The lowest BCUT2D eigenvalue weighted by molar-refractivity contribution is 0.000497. The fraction of sp³-hybridized carbons (Fsp3) is 1.00. The van der Waals surface area contributed by atoms with Crippen LogP contribution in [0.15, 0.2) is 0 Å². The molecule has 0 aliphatic carbocycles. The summed E-state index contributed by atoms with van der Waals surface area (Å²) < 4.78 is 25.0. The zero-order valence-corrected chi connectivity index (χ0v) is 7.21. The standard InChI is InChI=1S/C4H10O5S.H3N/c1-3(5)9-10(7,8)4(2)6;/h3-6H,1-2H3;1H3. The smallest absolute Gasteiger partial charge is 0.296 e. The van der Waals surface area contributed by atoms with Crippen LogP contribution in [0.1, 0.15) is 13.8 Å². The van der Waals surface area contributed by atoms with Crippen LogP contribution in [0.25, 0.3) is 0 Å².